The van der Waals surface area contributed by atoms with Crippen LogP contribution < -0.4 is 5.32 Å². The molecule has 112 valence electrons. The number of fused-ring (bicyclic) bond motifs is 1. The predicted octanol–water partition coefficient (Wildman–Crippen LogP) is 4.11. The molecule has 1 N–H and O–H groups in total. The van der Waals surface area contributed by atoms with Crippen LogP contribution in [0.15, 0.2) is 60.0 Å². The Labute approximate surface area is 137 Å². The van der Waals surface area contributed by atoms with Gasteiger partial charge in [0, 0.05) is 16.9 Å². The average molecular weight is 332 g/mol. The molecule has 3 aromatic rings. The summed E-state index contributed by atoms with van der Waals surface area (Å²) in [6.07, 6.45) is 3.73. The fraction of sp³-hybridized carbons (Fsp3) is 0.125. The number of hydrogen-bond acceptors (Lipinski definition) is 3. The van der Waals surface area contributed by atoms with Gasteiger partial charge in [0.05, 0.1) is 17.0 Å². The van der Waals surface area contributed by atoms with E-state index < -0.39 is 0 Å². The standard InChI is InChI=1S/C16H14ClN3OS/c1-11(15(21)19-13-6-4-5-12(17)9-13)22-16-18-10-14-7-2-3-8-20(14)16/h2-11H,1H3,(H,19,21). The summed E-state index contributed by atoms with van der Waals surface area (Å²) in [7, 11) is 0. The minimum atomic E-state index is -0.273. The van der Waals surface area contributed by atoms with E-state index in [1.54, 1.807) is 24.4 Å². The molecule has 0 spiro atoms. The van der Waals surface area contributed by atoms with E-state index in [1.165, 1.54) is 11.8 Å². The van der Waals surface area contributed by atoms with Crippen molar-refractivity contribution < 1.29 is 4.79 Å². The molecule has 4 nitrogen and oxygen atoms in total. The van der Waals surface area contributed by atoms with Gasteiger partial charge in [0.1, 0.15) is 0 Å². The maximum Gasteiger partial charge on any atom is 0.237 e. The lowest BCUT2D eigenvalue weighted by Gasteiger charge is -2.11. The topological polar surface area (TPSA) is 46.4 Å². The minimum Gasteiger partial charge on any atom is -0.325 e. The van der Waals surface area contributed by atoms with Gasteiger partial charge in [-0.15, -0.1) is 0 Å². The number of hydrogen-bond donors (Lipinski definition) is 1. The van der Waals surface area contributed by atoms with Crippen molar-refractivity contribution >= 4 is 40.5 Å². The SMILES string of the molecule is CC(Sc1ncc2ccccn12)C(=O)Nc1cccc(Cl)c1. The minimum absolute atomic E-state index is 0.0834. The molecule has 2 aromatic heterocycles. The number of imidazole rings is 1. The molecule has 0 saturated carbocycles. The third-order valence-corrected chi connectivity index (χ3v) is 4.46. The highest BCUT2D eigenvalue weighted by molar-refractivity contribution is 8.00. The third kappa shape index (κ3) is 3.26. The van der Waals surface area contributed by atoms with Crippen molar-refractivity contribution in [2.24, 2.45) is 0 Å². The van der Waals surface area contributed by atoms with Gasteiger partial charge in [-0.25, -0.2) is 4.98 Å². The van der Waals surface area contributed by atoms with Crippen molar-refractivity contribution in [1.29, 1.82) is 0 Å². The van der Waals surface area contributed by atoms with Crippen LogP contribution in [0.3, 0.4) is 0 Å². The van der Waals surface area contributed by atoms with Gasteiger partial charge in [-0.1, -0.05) is 35.5 Å². The number of anilines is 1. The molecule has 0 aliphatic carbocycles. The fourth-order valence-electron chi connectivity index (χ4n) is 2.03. The quantitative estimate of drug-likeness (QED) is 0.732. The molecule has 0 fully saturated rings. The summed E-state index contributed by atoms with van der Waals surface area (Å²) in [4.78, 5) is 16.6. The number of carbonyl (C=O) groups is 1. The van der Waals surface area contributed by atoms with E-state index in [0.29, 0.717) is 10.7 Å². The molecule has 1 unspecified atom stereocenters. The van der Waals surface area contributed by atoms with Gasteiger partial charge in [0.15, 0.2) is 5.16 Å². The Kier molecular flexibility index (Phi) is 4.36. The van der Waals surface area contributed by atoms with Crippen molar-refractivity contribution in [2.75, 3.05) is 5.32 Å². The van der Waals surface area contributed by atoms with E-state index in [0.717, 1.165) is 10.7 Å². The monoisotopic (exact) mass is 331 g/mol. The van der Waals surface area contributed by atoms with Crippen molar-refractivity contribution in [3.63, 3.8) is 0 Å². The van der Waals surface area contributed by atoms with Gasteiger partial charge < -0.3 is 5.32 Å². The number of nitrogens with one attached hydrogen (secondary N) is 1. The van der Waals surface area contributed by atoms with Crippen LogP contribution in [0.25, 0.3) is 5.52 Å². The molecular formula is C16H14ClN3OS. The Morgan fingerprint density at radius 2 is 2.18 bits per heavy atom. The number of rotatable bonds is 4. The summed E-state index contributed by atoms with van der Waals surface area (Å²) >= 11 is 7.34. The van der Waals surface area contributed by atoms with Gasteiger partial charge in [-0.2, -0.15) is 0 Å². The first-order valence-corrected chi connectivity index (χ1v) is 8.04. The van der Waals surface area contributed by atoms with Gasteiger partial charge >= 0.3 is 0 Å². The van der Waals surface area contributed by atoms with E-state index in [4.69, 9.17) is 11.6 Å². The van der Waals surface area contributed by atoms with Crippen molar-refractivity contribution in [1.82, 2.24) is 9.38 Å². The molecule has 0 aliphatic rings. The second kappa shape index (κ2) is 6.42. The summed E-state index contributed by atoms with van der Waals surface area (Å²) in [5, 5.41) is 3.98. The van der Waals surface area contributed by atoms with E-state index >= 15 is 0 Å². The lowest BCUT2D eigenvalue weighted by atomic mass is 10.3. The first-order valence-electron chi connectivity index (χ1n) is 6.78. The highest BCUT2D eigenvalue weighted by Crippen LogP contribution is 2.24. The van der Waals surface area contributed by atoms with Gasteiger partial charge in [0.2, 0.25) is 5.91 Å². The normalized spacial score (nSPS) is 12.3. The molecule has 6 heteroatoms. The maximum absolute atomic E-state index is 12.3. The zero-order chi connectivity index (χ0) is 15.5. The molecule has 0 saturated heterocycles. The van der Waals surface area contributed by atoms with E-state index in [2.05, 4.69) is 10.3 Å². The Bertz CT molecular complexity index is 818. The fourth-order valence-corrected chi connectivity index (χ4v) is 3.09. The smallest absolute Gasteiger partial charge is 0.237 e. The van der Waals surface area contributed by atoms with Crippen LogP contribution in [0.5, 0.6) is 0 Å². The van der Waals surface area contributed by atoms with Crippen molar-refractivity contribution in [2.45, 2.75) is 17.3 Å². The van der Waals surface area contributed by atoms with Gasteiger partial charge in [0.25, 0.3) is 0 Å². The second-order valence-electron chi connectivity index (χ2n) is 4.80. The third-order valence-electron chi connectivity index (χ3n) is 3.15. The zero-order valence-electron chi connectivity index (χ0n) is 11.9. The number of carbonyl (C=O) groups excluding carboxylic acids is 1. The van der Waals surface area contributed by atoms with Crippen LogP contribution in [0, 0.1) is 0 Å². The number of benzene rings is 1. The number of aromatic nitrogens is 2. The van der Waals surface area contributed by atoms with Crippen LogP contribution in [0.1, 0.15) is 6.92 Å². The molecule has 1 amide bonds. The molecule has 1 aromatic carbocycles. The Morgan fingerprint density at radius 1 is 1.32 bits per heavy atom. The zero-order valence-corrected chi connectivity index (χ0v) is 13.4. The second-order valence-corrected chi connectivity index (χ2v) is 6.54. The highest BCUT2D eigenvalue weighted by Gasteiger charge is 2.17. The lowest BCUT2D eigenvalue weighted by molar-refractivity contribution is -0.115. The number of pyridine rings is 1. The van der Waals surface area contributed by atoms with E-state index in [9.17, 15) is 4.79 Å². The predicted molar refractivity (Wildman–Crippen MR) is 90.6 cm³/mol. The molecule has 0 bridgehead atoms. The molecule has 1 atom stereocenters. The van der Waals surface area contributed by atoms with E-state index in [-0.39, 0.29) is 11.2 Å². The number of halogens is 1. The van der Waals surface area contributed by atoms with Crippen molar-refractivity contribution in [3.05, 3.63) is 59.9 Å². The summed E-state index contributed by atoms with van der Waals surface area (Å²) in [5.41, 5.74) is 1.70. The largest absolute Gasteiger partial charge is 0.325 e. The summed E-state index contributed by atoms with van der Waals surface area (Å²) in [6, 6.07) is 13.0. The Hall–Kier alpha value is -1.98. The summed E-state index contributed by atoms with van der Waals surface area (Å²) in [6.45, 7) is 1.86. The van der Waals surface area contributed by atoms with E-state index in [1.807, 2.05) is 41.8 Å². The van der Waals surface area contributed by atoms with Crippen LogP contribution in [-0.2, 0) is 4.79 Å². The number of thioether (sulfide) groups is 1. The first-order chi connectivity index (χ1) is 10.6. The average Bonchev–Trinajstić information content (AvgIpc) is 2.90. The molecule has 0 radical (unpaired) electrons. The van der Waals surface area contributed by atoms with Crippen molar-refractivity contribution in [3.8, 4) is 0 Å². The Balaban J connectivity index is 1.71. The molecule has 3 rings (SSSR count). The molecule has 0 aliphatic heterocycles. The van der Waals surface area contributed by atoms with Crippen LogP contribution in [0.4, 0.5) is 5.69 Å². The van der Waals surface area contributed by atoms with Gasteiger partial charge in [-0.05, 0) is 37.3 Å². The molecule has 22 heavy (non-hydrogen) atoms. The maximum atomic E-state index is 12.3. The van der Waals surface area contributed by atoms with Crippen LogP contribution in [-0.4, -0.2) is 20.5 Å². The number of nitrogens with zero attached hydrogens (tertiary/aromatic N) is 2. The number of amides is 1. The summed E-state index contributed by atoms with van der Waals surface area (Å²) in [5.74, 6) is -0.0834. The molecule has 2 heterocycles. The van der Waals surface area contributed by atoms with Crippen LogP contribution in [0.2, 0.25) is 5.02 Å². The van der Waals surface area contributed by atoms with Gasteiger partial charge in [-0.3, -0.25) is 9.20 Å². The summed E-state index contributed by atoms with van der Waals surface area (Å²) < 4.78 is 1.97. The lowest BCUT2D eigenvalue weighted by Crippen LogP contribution is -2.22. The van der Waals surface area contributed by atoms with Crippen LogP contribution >= 0.6 is 23.4 Å². The Morgan fingerprint density at radius 3 is 3.00 bits per heavy atom. The highest BCUT2D eigenvalue weighted by atomic mass is 35.5. The first kappa shape index (κ1) is 14.9. The molecular weight excluding hydrogens is 318 g/mol.